The summed E-state index contributed by atoms with van der Waals surface area (Å²) in [6, 6.07) is 14.2. The Bertz CT molecular complexity index is 558. The Morgan fingerprint density at radius 2 is 1.57 bits per heavy atom. The molecule has 0 aliphatic carbocycles. The molecule has 1 atom stereocenters. The summed E-state index contributed by atoms with van der Waals surface area (Å²) in [5, 5.41) is 13.2. The molecule has 0 aliphatic rings. The third-order valence-electron chi connectivity index (χ3n) is 3.23. The summed E-state index contributed by atoms with van der Waals surface area (Å²) in [5.74, 6) is 0.807. The highest BCUT2D eigenvalue weighted by Crippen LogP contribution is 2.16. The number of benzene rings is 2. The van der Waals surface area contributed by atoms with E-state index < -0.39 is 6.10 Å². The number of aliphatic hydroxyl groups excluding tert-OH is 1. The molecule has 2 N–H and O–H groups in total. The molecular formula is C18H23NO2. The van der Waals surface area contributed by atoms with Crippen LogP contribution < -0.4 is 10.1 Å². The Balaban J connectivity index is 1.79. The highest BCUT2D eigenvalue weighted by molar-refractivity contribution is 5.44. The molecule has 0 heterocycles. The van der Waals surface area contributed by atoms with Gasteiger partial charge in [-0.25, -0.2) is 0 Å². The molecule has 2 aromatic carbocycles. The Morgan fingerprint density at radius 1 is 0.952 bits per heavy atom. The van der Waals surface area contributed by atoms with Crippen molar-refractivity contribution in [2.24, 2.45) is 0 Å². The number of anilines is 1. The average molecular weight is 285 g/mol. The fourth-order valence-electron chi connectivity index (χ4n) is 2.17. The van der Waals surface area contributed by atoms with Crippen LogP contribution in [0.2, 0.25) is 0 Å². The minimum absolute atomic E-state index is 0.280. The molecule has 112 valence electrons. The second-order valence-corrected chi connectivity index (χ2v) is 5.54. The fraction of sp³-hybridized carbons (Fsp3) is 0.333. The lowest BCUT2D eigenvalue weighted by molar-refractivity contribution is 0.117. The van der Waals surface area contributed by atoms with Crippen LogP contribution in [0.25, 0.3) is 0 Å². The van der Waals surface area contributed by atoms with Crippen LogP contribution in [0.15, 0.2) is 42.5 Å². The first-order valence-electron chi connectivity index (χ1n) is 7.22. The van der Waals surface area contributed by atoms with Crippen LogP contribution in [-0.4, -0.2) is 24.4 Å². The van der Waals surface area contributed by atoms with Crippen molar-refractivity contribution in [3.05, 3.63) is 59.2 Å². The van der Waals surface area contributed by atoms with E-state index in [2.05, 4.69) is 18.3 Å². The van der Waals surface area contributed by atoms with Crippen molar-refractivity contribution in [2.75, 3.05) is 18.5 Å². The van der Waals surface area contributed by atoms with Gasteiger partial charge in [-0.05, 0) is 56.2 Å². The van der Waals surface area contributed by atoms with E-state index in [1.807, 2.05) is 50.2 Å². The van der Waals surface area contributed by atoms with Crippen molar-refractivity contribution in [3.63, 3.8) is 0 Å². The van der Waals surface area contributed by atoms with Gasteiger partial charge in [0.15, 0.2) is 0 Å². The lowest BCUT2D eigenvalue weighted by Crippen LogP contribution is -2.26. The van der Waals surface area contributed by atoms with Gasteiger partial charge >= 0.3 is 0 Å². The SMILES string of the molecule is Cc1ccc(NCC(O)COc2cc(C)cc(C)c2)cc1. The van der Waals surface area contributed by atoms with Gasteiger partial charge in [0.1, 0.15) is 18.5 Å². The van der Waals surface area contributed by atoms with Crippen LogP contribution in [0.4, 0.5) is 5.69 Å². The maximum absolute atomic E-state index is 9.98. The van der Waals surface area contributed by atoms with Crippen molar-refractivity contribution < 1.29 is 9.84 Å². The van der Waals surface area contributed by atoms with E-state index in [1.54, 1.807) is 0 Å². The van der Waals surface area contributed by atoms with Crippen molar-refractivity contribution in [2.45, 2.75) is 26.9 Å². The lowest BCUT2D eigenvalue weighted by Gasteiger charge is -2.15. The van der Waals surface area contributed by atoms with E-state index in [1.165, 1.54) is 5.56 Å². The number of nitrogens with one attached hydrogen (secondary N) is 1. The third kappa shape index (κ3) is 5.12. The third-order valence-corrected chi connectivity index (χ3v) is 3.23. The summed E-state index contributed by atoms with van der Waals surface area (Å²) in [7, 11) is 0. The quantitative estimate of drug-likeness (QED) is 0.854. The molecule has 2 rings (SSSR count). The summed E-state index contributed by atoms with van der Waals surface area (Å²) < 4.78 is 5.65. The number of ether oxygens (including phenoxy) is 1. The monoisotopic (exact) mass is 285 g/mol. The molecule has 3 nitrogen and oxygen atoms in total. The molecule has 0 bridgehead atoms. The fourth-order valence-corrected chi connectivity index (χ4v) is 2.17. The van der Waals surface area contributed by atoms with Crippen LogP contribution in [0.5, 0.6) is 5.75 Å². The molecule has 1 unspecified atom stereocenters. The largest absolute Gasteiger partial charge is 0.491 e. The Hall–Kier alpha value is -2.00. The number of aliphatic hydroxyl groups is 1. The van der Waals surface area contributed by atoms with Crippen LogP contribution in [0.1, 0.15) is 16.7 Å². The van der Waals surface area contributed by atoms with Gasteiger partial charge in [0, 0.05) is 12.2 Å². The number of aryl methyl sites for hydroxylation is 3. The van der Waals surface area contributed by atoms with Crippen molar-refractivity contribution in [3.8, 4) is 5.75 Å². The van der Waals surface area contributed by atoms with Crippen LogP contribution in [0.3, 0.4) is 0 Å². The predicted octanol–water partition coefficient (Wildman–Crippen LogP) is 3.46. The second-order valence-electron chi connectivity index (χ2n) is 5.54. The van der Waals surface area contributed by atoms with Crippen molar-refractivity contribution in [1.29, 1.82) is 0 Å². The first kappa shape index (κ1) is 15.4. The van der Waals surface area contributed by atoms with Crippen molar-refractivity contribution in [1.82, 2.24) is 0 Å². The normalized spacial score (nSPS) is 12.0. The Labute approximate surface area is 126 Å². The van der Waals surface area contributed by atoms with Crippen LogP contribution in [0, 0.1) is 20.8 Å². The van der Waals surface area contributed by atoms with Crippen LogP contribution in [-0.2, 0) is 0 Å². The molecule has 0 aliphatic heterocycles. The molecule has 0 amide bonds. The highest BCUT2D eigenvalue weighted by atomic mass is 16.5. The van der Waals surface area contributed by atoms with Gasteiger partial charge in [-0.1, -0.05) is 23.8 Å². The van der Waals surface area contributed by atoms with Gasteiger partial charge in [0.2, 0.25) is 0 Å². The van der Waals surface area contributed by atoms with Gasteiger partial charge in [-0.15, -0.1) is 0 Å². The number of hydrogen-bond donors (Lipinski definition) is 2. The van der Waals surface area contributed by atoms with E-state index in [0.717, 1.165) is 22.6 Å². The maximum Gasteiger partial charge on any atom is 0.119 e. The first-order chi connectivity index (χ1) is 10.0. The van der Waals surface area contributed by atoms with E-state index in [9.17, 15) is 5.11 Å². The molecule has 3 heteroatoms. The topological polar surface area (TPSA) is 41.5 Å². The Kier molecular flexibility index (Phi) is 5.23. The van der Waals surface area contributed by atoms with Crippen molar-refractivity contribution >= 4 is 5.69 Å². The summed E-state index contributed by atoms with van der Waals surface area (Å²) >= 11 is 0. The van der Waals surface area contributed by atoms with Gasteiger partial charge < -0.3 is 15.2 Å². The average Bonchev–Trinajstić information content (AvgIpc) is 2.43. The molecule has 21 heavy (non-hydrogen) atoms. The van der Waals surface area contributed by atoms with Gasteiger partial charge in [-0.3, -0.25) is 0 Å². The molecular weight excluding hydrogens is 262 g/mol. The lowest BCUT2D eigenvalue weighted by atomic mass is 10.1. The number of hydrogen-bond acceptors (Lipinski definition) is 3. The van der Waals surface area contributed by atoms with Gasteiger partial charge in [0.25, 0.3) is 0 Å². The molecule has 0 fully saturated rings. The first-order valence-corrected chi connectivity index (χ1v) is 7.22. The highest BCUT2D eigenvalue weighted by Gasteiger charge is 2.06. The second kappa shape index (κ2) is 7.14. The summed E-state index contributed by atoms with van der Waals surface area (Å²) in [6.07, 6.45) is -0.549. The minimum Gasteiger partial charge on any atom is -0.491 e. The van der Waals surface area contributed by atoms with Gasteiger partial charge in [0.05, 0.1) is 0 Å². The molecule has 0 saturated carbocycles. The van der Waals surface area contributed by atoms with E-state index >= 15 is 0 Å². The molecule has 0 radical (unpaired) electrons. The molecule has 0 saturated heterocycles. The summed E-state index contributed by atoms with van der Waals surface area (Å²) in [4.78, 5) is 0. The predicted molar refractivity (Wildman–Crippen MR) is 87.1 cm³/mol. The Morgan fingerprint density at radius 3 is 2.19 bits per heavy atom. The molecule has 0 aromatic heterocycles. The van der Waals surface area contributed by atoms with Gasteiger partial charge in [-0.2, -0.15) is 0 Å². The number of rotatable bonds is 6. The summed E-state index contributed by atoms with van der Waals surface area (Å²) in [5.41, 5.74) is 4.56. The standard InChI is InChI=1S/C18H23NO2/c1-13-4-6-16(7-5-13)19-11-17(20)12-21-18-9-14(2)8-15(3)10-18/h4-10,17,19-20H,11-12H2,1-3H3. The zero-order valence-corrected chi connectivity index (χ0v) is 12.9. The van der Waals surface area contributed by atoms with E-state index in [4.69, 9.17) is 4.74 Å². The zero-order chi connectivity index (χ0) is 15.2. The smallest absolute Gasteiger partial charge is 0.119 e. The molecule has 2 aromatic rings. The van der Waals surface area contributed by atoms with E-state index in [0.29, 0.717) is 6.54 Å². The van der Waals surface area contributed by atoms with E-state index in [-0.39, 0.29) is 6.61 Å². The molecule has 0 spiro atoms. The zero-order valence-electron chi connectivity index (χ0n) is 12.9. The minimum atomic E-state index is -0.549. The van der Waals surface area contributed by atoms with Crippen LogP contribution >= 0.6 is 0 Å². The summed E-state index contributed by atoms with van der Waals surface area (Å²) in [6.45, 7) is 6.87. The maximum atomic E-state index is 9.98.